The molecular formula is C10H15N3O. The number of carbonyl (C=O) groups is 1. The summed E-state index contributed by atoms with van der Waals surface area (Å²) >= 11 is 0. The van der Waals surface area contributed by atoms with Crippen molar-refractivity contribution in [2.45, 2.75) is 33.9 Å². The minimum Gasteiger partial charge on any atom is -0.344 e. The molecule has 1 aliphatic heterocycles. The molecule has 0 atom stereocenters. The van der Waals surface area contributed by atoms with Gasteiger partial charge >= 0.3 is 0 Å². The molecule has 0 fully saturated rings. The quantitative estimate of drug-likeness (QED) is 0.729. The summed E-state index contributed by atoms with van der Waals surface area (Å²) in [5, 5.41) is 0. The zero-order valence-corrected chi connectivity index (χ0v) is 8.79. The van der Waals surface area contributed by atoms with Crippen molar-refractivity contribution < 1.29 is 4.79 Å². The number of rotatable bonds is 1. The molecule has 76 valence electrons. The maximum atomic E-state index is 11.7. The molecule has 0 radical (unpaired) electrons. The Morgan fingerprint density at radius 1 is 1.50 bits per heavy atom. The highest BCUT2D eigenvalue weighted by molar-refractivity contribution is 5.78. The Morgan fingerprint density at radius 2 is 2.21 bits per heavy atom. The molecule has 4 nitrogen and oxygen atoms in total. The zero-order chi connectivity index (χ0) is 10.3. The molecule has 2 heterocycles. The summed E-state index contributed by atoms with van der Waals surface area (Å²) in [6.45, 7) is 7.14. The average Bonchev–Trinajstić information content (AvgIpc) is 2.59. The van der Waals surface area contributed by atoms with Crippen LogP contribution in [-0.2, 0) is 17.9 Å². The molecule has 1 aromatic rings. The molecule has 0 saturated carbocycles. The van der Waals surface area contributed by atoms with Gasteiger partial charge in [0.25, 0.3) is 0 Å². The number of amides is 1. The lowest BCUT2D eigenvalue weighted by Crippen LogP contribution is -2.29. The highest BCUT2D eigenvalue weighted by Crippen LogP contribution is 2.21. The monoisotopic (exact) mass is 193 g/mol. The van der Waals surface area contributed by atoms with Gasteiger partial charge in [0.2, 0.25) is 5.91 Å². The SMILES string of the molecule is Cc1nc2c([nH]1)CN(C(=O)C(C)C)C2. The summed E-state index contributed by atoms with van der Waals surface area (Å²) in [4.78, 5) is 21.0. The van der Waals surface area contributed by atoms with E-state index in [0.29, 0.717) is 13.1 Å². The van der Waals surface area contributed by atoms with Crippen LogP contribution in [0, 0.1) is 12.8 Å². The van der Waals surface area contributed by atoms with Gasteiger partial charge in [-0.3, -0.25) is 4.79 Å². The van der Waals surface area contributed by atoms with Crippen molar-refractivity contribution in [1.82, 2.24) is 14.9 Å². The fourth-order valence-corrected chi connectivity index (χ4v) is 1.80. The molecule has 1 aromatic heterocycles. The molecule has 0 spiro atoms. The van der Waals surface area contributed by atoms with Gasteiger partial charge in [0.1, 0.15) is 5.82 Å². The first-order chi connectivity index (χ1) is 6.58. The number of imidazole rings is 1. The van der Waals surface area contributed by atoms with E-state index in [1.54, 1.807) is 0 Å². The van der Waals surface area contributed by atoms with Crippen LogP contribution in [0.25, 0.3) is 0 Å². The third kappa shape index (κ3) is 1.41. The molecular weight excluding hydrogens is 178 g/mol. The van der Waals surface area contributed by atoms with Gasteiger partial charge in [-0.05, 0) is 6.92 Å². The van der Waals surface area contributed by atoms with Crippen LogP contribution in [0.3, 0.4) is 0 Å². The number of nitrogens with one attached hydrogen (secondary N) is 1. The van der Waals surface area contributed by atoms with Gasteiger partial charge in [0, 0.05) is 5.92 Å². The number of fused-ring (bicyclic) bond motifs is 1. The van der Waals surface area contributed by atoms with E-state index in [-0.39, 0.29) is 11.8 Å². The predicted octanol–water partition coefficient (Wildman–Crippen LogP) is 1.22. The van der Waals surface area contributed by atoms with Gasteiger partial charge in [-0.2, -0.15) is 0 Å². The minimum absolute atomic E-state index is 0.0695. The number of aryl methyl sites for hydroxylation is 1. The molecule has 1 N–H and O–H groups in total. The molecule has 0 unspecified atom stereocenters. The number of nitrogens with zero attached hydrogens (tertiary/aromatic N) is 2. The number of hydrogen-bond acceptors (Lipinski definition) is 2. The Morgan fingerprint density at radius 3 is 2.79 bits per heavy atom. The molecule has 2 rings (SSSR count). The van der Waals surface area contributed by atoms with Crippen LogP contribution in [0.4, 0.5) is 0 Å². The van der Waals surface area contributed by atoms with Crippen molar-refractivity contribution in [2.75, 3.05) is 0 Å². The Labute approximate surface area is 83.3 Å². The fraction of sp³-hybridized carbons (Fsp3) is 0.600. The van der Waals surface area contributed by atoms with Crippen LogP contribution < -0.4 is 0 Å². The first-order valence-electron chi connectivity index (χ1n) is 4.91. The zero-order valence-electron chi connectivity index (χ0n) is 8.79. The molecule has 0 aromatic carbocycles. The predicted molar refractivity (Wildman–Crippen MR) is 52.4 cm³/mol. The molecule has 0 saturated heterocycles. The van der Waals surface area contributed by atoms with E-state index in [1.807, 2.05) is 25.7 Å². The molecule has 14 heavy (non-hydrogen) atoms. The van der Waals surface area contributed by atoms with Gasteiger partial charge in [-0.1, -0.05) is 13.8 Å². The van der Waals surface area contributed by atoms with Gasteiger partial charge in [-0.25, -0.2) is 4.98 Å². The van der Waals surface area contributed by atoms with Gasteiger partial charge < -0.3 is 9.88 Å². The molecule has 1 aliphatic rings. The van der Waals surface area contributed by atoms with Crippen molar-refractivity contribution in [3.05, 3.63) is 17.2 Å². The van der Waals surface area contributed by atoms with Crippen LogP contribution in [0.15, 0.2) is 0 Å². The van der Waals surface area contributed by atoms with Crippen molar-refractivity contribution in [3.8, 4) is 0 Å². The van der Waals surface area contributed by atoms with E-state index >= 15 is 0 Å². The van der Waals surface area contributed by atoms with Gasteiger partial charge in [0.05, 0.1) is 24.5 Å². The lowest BCUT2D eigenvalue weighted by atomic mass is 10.2. The Hall–Kier alpha value is -1.32. The Kier molecular flexibility index (Phi) is 2.06. The van der Waals surface area contributed by atoms with Gasteiger partial charge in [0.15, 0.2) is 0 Å². The smallest absolute Gasteiger partial charge is 0.225 e. The Bertz CT molecular complexity index is 344. The van der Waals surface area contributed by atoms with Crippen LogP contribution in [0.1, 0.15) is 31.1 Å². The highest BCUT2D eigenvalue weighted by atomic mass is 16.2. The summed E-state index contributed by atoms with van der Waals surface area (Å²) in [6, 6.07) is 0. The summed E-state index contributed by atoms with van der Waals surface area (Å²) in [6.07, 6.45) is 0. The van der Waals surface area contributed by atoms with E-state index in [4.69, 9.17) is 0 Å². The Balaban J connectivity index is 2.12. The summed E-state index contributed by atoms with van der Waals surface area (Å²) in [7, 11) is 0. The van der Waals surface area contributed by atoms with Crippen molar-refractivity contribution in [2.24, 2.45) is 5.92 Å². The van der Waals surface area contributed by atoms with E-state index in [0.717, 1.165) is 17.2 Å². The minimum atomic E-state index is 0.0695. The van der Waals surface area contributed by atoms with Crippen molar-refractivity contribution >= 4 is 5.91 Å². The number of H-pyrrole nitrogens is 1. The molecule has 1 amide bonds. The highest BCUT2D eigenvalue weighted by Gasteiger charge is 2.27. The van der Waals surface area contributed by atoms with Gasteiger partial charge in [-0.15, -0.1) is 0 Å². The second-order valence-electron chi connectivity index (χ2n) is 4.10. The first-order valence-corrected chi connectivity index (χ1v) is 4.91. The number of aromatic amines is 1. The second kappa shape index (κ2) is 3.12. The van der Waals surface area contributed by atoms with E-state index in [1.165, 1.54) is 0 Å². The van der Waals surface area contributed by atoms with Crippen molar-refractivity contribution in [1.29, 1.82) is 0 Å². The van der Waals surface area contributed by atoms with Crippen LogP contribution in [-0.4, -0.2) is 20.8 Å². The lowest BCUT2D eigenvalue weighted by Gasteiger charge is -2.17. The summed E-state index contributed by atoms with van der Waals surface area (Å²) in [5.41, 5.74) is 2.12. The van der Waals surface area contributed by atoms with E-state index < -0.39 is 0 Å². The normalized spacial score (nSPS) is 15.0. The third-order valence-electron chi connectivity index (χ3n) is 2.48. The lowest BCUT2D eigenvalue weighted by molar-refractivity contribution is -0.135. The molecule has 4 heteroatoms. The van der Waals surface area contributed by atoms with Crippen LogP contribution in [0.5, 0.6) is 0 Å². The van der Waals surface area contributed by atoms with E-state index in [2.05, 4.69) is 9.97 Å². The maximum Gasteiger partial charge on any atom is 0.225 e. The largest absolute Gasteiger partial charge is 0.344 e. The standard InChI is InChI=1S/C10H15N3O/c1-6(2)10(14)13-4-8-9(5-13)12-7(3)11-8/h6H,4-5H2,1-3H3,(H,11,12). The van der Waals surface area contributed by atoms with Crippen molar-refractivity contribution in [3.63, 3.8) is 0 Å². The average molecular weight is 193 g/mol. The number of hydrogen-bond donors (Lipinski definition) is 1. The molecule has 0 bridgehead atoms. The maximum absolute atomic E-state index is 11.7. The van der Waals surface area contributed by atoms with E-state index in [9.17, 15) is 4.79 Å². The second-order valence-corrected chi connectivity index (χ2v) is 4.10. The summed E-state index contributed by atoms with van der Waals surface area (Å²) < 4.78 is 0. The topological polar surface area (TPSA) is 49.0 Å². The number of carbonyl (C=O) groups excluding carboxylic acids is 1. The molecule has 0 aliphatic carbocycles. The fourth-order valence-electron chi connectivity index (χ4n) is 1.80. The summed E-state index contributed by atoms with van der Waals surface area (Å²) in [5.74, 6) is 1.21. The first kappa shape index (κ1) is 9.24. The third-order valence-corrected chi connectivity index (χ3v) is 2.48. The van der Waals surface area contributed by atoms with Crippen LogP contribution in [0.2, 0.25) is 0 Å². The van der Waals surface area contributed by atoms with Crippen LogP contribution >= 0.6 is 0 Å². The number of aromatic nitrogens is 2.